The van der Waals surface area contributed by atoms with Gasteiger partial charge in [0.25, 0.3) is 0 Å². The average molecular weight is 730 g/mol. The molecule has 9 nitrogen and oxygen atoms in total. The van der Waals surface area contributed by atoms with Crippen molar-refractivity contribution < 1.29 is 54.8 Å². The van der Waals surface area contributed by atoms with Crippen molar-refractivity contribution in [3.05, 3.63) is 63.4 Å². The van der Waals surface area contributed by atoms with Gasteiger partial charge in [-0.1, -0.05) is 56.1 Å². The minimum atomic E-state index is -6.09. The Morgan fingerprint density at radius 2 is 1.74 bits per heavy atom. The fraction of sp³-hybridized carbons (Fsp3) is 0.548. The van der Waals surface area contributed by atoms with E-state index in [-0.39, 0.29) is 52.1 Å². The molecule has 2 aromatic rings. The van der Waals surface area contributed by atoms with Crippen LogP contribution in [0, 0.1) is 11.2 Å². The van der Waals surface area contributed by atoms with Crippen LogP contribution in [-0.4, -0.2) is 83.8 Å². The third-order valence-electron chi connectivity index (χ3n) is 8.78. The monoisotopic (exact) mass is 728 g/mol. The van der Waals surface area contributed by atoms with Gasteiger partial charge >= 0.3 is 5.51 Å². The van der Waals surface area contributed by atoms with Crippen LogP contribution in [0.2, 0.25) is 10.0 Å². The number of hydrogen-bond donors (Lipinski definition) is 3. The lowest BCUT2D eigenvalue weighted by Crippen LogP contribution is -2.58. The third-order valence-corrected chi connectivity index (χ3v) is 9.87. The summed E-state index contributed by atoms with van der Waals surface area (Å²) in [4.78, 5) is 28.5. The van der Waals surface area contributed by atoms with Crippen LogP contribution in [0.25, 0.3) is 0 Å². The minimum Gasteiger partial charge on any atom is -0.741 e. The van der Waals surface area contributed by atoms with Crippen LogP contribution in [0.3, 0.4) is 0 Å². The van der Waals surface area contributed by atoms with E-state index in [1.807, 2.05) is 20.2 Å². The summed E-state index contributed by atoms with van der Waals surface area (Å²) in [5, 5.41) is 22.5. The Bertz CT molecular complexity index is 1620. The van der Waals surface area contributed by atoms with E-state index in [0.29, 0.717) is 29.1 Å². The van der Waals surface area contributed by atoms with Gasteiger partial charge in [-0.2, -0.15) is 13.2 Å². The van der Waals surface area contributed by atoms with Gasteiger partial charge in [0, 0.05) is 29.1 Å². The largest absolute Gasteiger partial charge is 0.741 e. The Balaban J connectivity index is 0.000000665. The third kappa shape index (κ3) is 7.95. The minimum absolute atomic E-state index is 0.0541. The molecule has 4 rings (SSSR count). The molecule has 0 bridgehead atoms. The Kier molecular flexibility index (Phi) is 11.6. The topological polar surface area (TPSA) is 144 Å². The van der Waals surface area contributed by atoms with Gasteiger partial charge in [0.2, 0.25) is 5.91 Å². The number of rotatable bonds is 8. The van der Waals surface area contributed by atoms with Crippen molar-refractivity contribution in [2.24, 2.45) is 5.41 Å². The van der Waals surface area contributed by atoms with Gasteiger partial charge in [-0.3, -0.25) is 9.59 Å². The van der Waals surface area contributed by atoms with Gasteiger partial charge in [-0.25, -0.2) is 12.8 Å². The molecule has 16 heteroatoms. The van der Waals surface area contributed by atoms with Crippen LogP contribution in [0.5, 0.6) is 0 Å². The van der Waals surface area contributed by atoms with Crippen LogP contribution >= 0.6 is 23.2 Å². The van der Waals surface area contributed by atoms with Gasteiger partial charge in [0.1, 0.15) is 17.3 Å². The first-order valence-corrected chi connectivity index (χ1v) is 16.8. The number of fused-ring (bicyclic) bond motifs is 2. The van der Waals surface area contributed by atoms with E-state index < -0.39 is 44.9 Å². The van der Waals surface area contributed by atoms with Crippen molar-refractivity contribution in [1.82, 2.24) is 0 Å². The maximum atomic E-state index is 15.1. The number of aliphatic hydroxyl groups is 2. The van der Waals surface area contributed by atoms with E-state index in [0.717, 1.165) is 5.56 Å². The Labute approximate surface area is 281 Å². The fourth-order valence-electron chi connectivity index (χ4n) is 6.97. The Morgan fingerprint density at radius 1 is 1.15 bits per heavy atom. The average Bonchev–Trinajstić information content (AvgIpc) is 3.30. The van der Waals surface area contributed by atoms with E-state index in [1.54, 1.807) is 18.2 Å². The molecule has 1 fully saturated rings. The summed E-state index contributed by atoms with van der Waals surface area (Å²) in [6.07, 6.45) is 0.536. The second kappa shape index (κ2) is 13.9. The van der Waals surface area contributed by atoms with Crippen molar-refractivity contribution >= 4 is 50.7 Å². The summed E-state index contributed by atoms with van der Waals surface area (Å²) in [5.41, 5.74) is -5.44. The number of quaternary nitrogens is 1. The predicted octanol–water partition coefficient (Wildman–Crippen LogP) is 5.51. The molecule has 0 saturated carbocycles. The molecule has 2 aliphatic rings. The first-order chi connectivity index (χ1) is 21.4. The van der Waals surface area contributed by atoms with Gasteiger partial charge in [0.05, 0.1) is 37.7 Å². The molecule has 0 aliphatic carbocycles. The van der Waals surface area contributed by atoms with Crippen molar-refractivity contribution in [3.63, 3.8) is 0 Å². The molecule has 0 radical (unpaired) electrons. The zero-order valence-electron chi connectivity index (χ0n) is 26.4. The first kappa shape index (κ1) is 39.1. The van der Waals surface area contributed by atoms with E-state index >= 15 is 4.39 Å². The number of benzene rings is 2. The molecule has 5 atom stereocenters. The predicted molar refractivity (Wildman–Crippen MR) is 167 cm³/mol. The lowest BCUT2D eigenvalue weighted by molar-refractivity contribution is -0.919. The molecule has 2 heterocycles. The molecule has 0 unspecified atom stereocenters. The van der Waals surface area contributed by atoms with Crippen LogP contribution in [0.15, 0.2) is 36.4 Å². The number of ketones is 1. The second-order valence-corrected chi connectivity index (χ2v) is 15.8. The molecule has 1 amide bonds. The van der Waals surface area contributed by atoms with Gasteiger partial charge in [0.15, 0.2) is 21.9 Å². The van der Waals surface area contributed by atoms with E-state index in [9.17, 15) is 33.0 Å². The molecular weight excluding hydrogens is 691 g/mol. The van der Waals surface area contributed by atoms with Gasteiger partial charge in [-0.15, -0.1) is 0 Å². The highest BCUT2D eigenvalue weighted by molar-refractivity contribution is 7.86. The van der Waals surface area contributed by atoms with Crippen LogP contribution < -0.4 is 5.32 Å². The molecule has 47 heavy (non-hydrogen) atoms. The number of halogens is 6. The maximum absolute atomic E-state index is 15.1. The summed E-state index contributed by atoms with van der Waals surface area (Å²) in [6, 6.07) is 8.98. The highest BCUT2D eigenvalue weighted by atomic mass is 35.5. The summed E-state index contributed by atoms with van der Waals surface area (Å²) >= 11 is 12.6. The normalized spacial score (nSPS) is 24.4. The van der Waals surface area contributed by atoms with E-state index in [1.165, 1.54) is 12.1 Å². The number of alkyl halides is 3. The number of anilines is 1. The number of nitrogens with zero attached hydrogens (tertiary/aromatic N) is 1. The Hall–Kier alpha value is -2.33. The van der Waals surface area contributed by atoms with Crippen molar-refractivity contribution in [2.45, 2.75) is 81.5 Å². The SMILES string of the molecule is CC(C)(C)C[C@@H]1[C@]2(C(=O)Nc3cc(Cl)c(F)cc32)[C@@H](c2cccc(Cl)c2)[C@H](C(=O)CCC[C@H](O)CO)[N+]1(C)C.O=S(=O)([O-])C(F)(F)F. The van der Waals surface area contributed by atoms with Gasteiger partial charge < -0.3 is 24.6 Å². The number of carbonyl (C=O) groups is 2. The summed E-state index contributed by atoms with van der Waals surface area (Å²) in [7, 11) is -2.14. The molecule has 3 N–H and O–H groups in total. The molecule has 2 aliphatic heterocycles. The van der Waals surface area contributed by atoms with E-state index in [4.69, 9.17) is 36.2 Å². The molecule has 1 spiro atoms. The number of likely N-dealkylation sites (tertiary alicyclic amines) is 1. The molecule has 1 saturated heterocycles. The molecule has 2 aromatic carbocycles. The number of amides is 1. The standard InChI is InChI=1S/C30H37Cl2FN2O4.CHF3O3S/c1-29(2,3)15-25-30(20-13-22(33)21(32)14-23(20)34-28(30)39)26(17-8-6-9-18(31)12-17)27(35(25,4)5)24(38)11-7-10-19(37)16-36;2-1(3,4)8(5,6)7/h6,8-9,12-14,19,25-27,36-37H,7,10-11,15-16H2,1-5H3;(H,5,6,7)/t19-,25+,26-,27-,30-;/m0./s1. The lowest BCUT2D eigenvalue weighted by atomic mass is 9.62. The van der Waals surface area contributed by atoms with Crippen LogP contribution in [-0.2, 0) is 25.1 Å². The van der Waals surface area contributed by atoms with Crippen LogP contribution in [0.1, 0.15) is 63.5 Å². The highest BCUT2D eigenvalue weighted by Crippen LogP contribution is 2.62. The number of carbonyl (C=O) groups excluding carboxylic acids is 2. The highest BCUT2D eigenvalue weighted by Gasteiger charge is 2.74. The molecular formula is C31H38Cl2F4N2O7S. The summed E-state index contributed by atoms with van der Waals surface area (Å²) < 4.78 is 74.2. The second-order valence-electron chi connectivity index (χ2n) is 13.6. The van der Waals surface area contributed by atoms with Crippen molar-refractivity contribution in [1.29, 1.82) is 0 Å². The number of hydrogen-bond acceptors (Lipinski definition) is 7. The smallest absolute Gasteiger partial charge is 0.485 e. The zero-order valence-corrected chi connectivity index (χ0v) is 28.7. The first-order valence-electron chi connectivity index (χ1n) is 14.6. The lowest BCUT2D eigenvalue weighted by Gasteiger charge is -2.42. The van der Waals surface area contributed by atoms with Crippen molar-refractivity contribution in [3.8, 4) is 0 Å². The summed E-state index contributed by atoms with van der Waals surface area (Å²) in [5.74, 6) is -1.60. The van der Waals surface area contributed by atoms with Crippen LogP contribution in [0.4, 0.5) is 23.2 Å². The zero-order chi connectivity index (χ0) is 35.9. The fourth-order valence-corrected chi connectivity index (χ4v) is 7.33. The number of nitrogens with one attached hydrogen (secondary N) is 1. The quantitative estimate of drug-likeness (QED) is 0.141. The Morgan fingerprint density at radius 3 is 2.26 bits per heavy atom. The van der Waals surface area contributed by atoms with E-state index in [2.05, 4.69) is 26.1 Å². The number of aliphatic hydroxyl groups excluding tert-OH is 2. The molecule has 0 aromatic heterocycles. The summed E-state index contributed by atoms with van der Waals surface area (Å²) in [6.45, 7) is 5.91. The van der Waals surface area contributed by atoms with Gasteiger partial charge in [-0.05, 0) is 48.1 Å². The number of likely N-dealkylation sites (N-methyl/N-ethyl adjacent to an activating group) is 1. The molecule has 262 valence electrons. The number of Topliss-reactive ketones (excluding diaryl/α,β-unsaturated/α-hetero) is 1. The van der Waals surface area contributed by atoms with Crippen molar-refractivity contribution in [2.75, 3.05) is 26.0 Å². The maximum Gasteiger partial charge on any atom is 0.485 e.